The number of halogens is 1. The number of hydrazone groups is 1. The van der Waals surface area contributed by atoms with E-state index in [9.17, 15) is 10.1 Å². The van der Waals surface area contributed by atoms with Gasteiger partial charge in [0.25, 0.3) is 5.69 Å². The fraction of sp³-hybridized carbons (Fsp3) is 0.158. The topological polar surface area (TPSA) is 98.9 Å². The molecule has 8 nitrogen and oxygen atoms in total. The Hall–Kier alpha value is -3.17. The fourth-order valence-electron chi connectivity index (χ4n) is 2.43. The number of anilines is 1. The molecule has 0 fully saturated rings. The Morgan fingerprint density at radius 2 is 2.10 bits per heavy atom. The summed E-state index contributed by atoms with van der Waals surface area (Å²) in [7, 11) is 1.57. The molecule has 1 aromatic heterocycles. The molecule has 150 valence electrons. The van der Waals surface area contributed by atoms with Crippen LogP contribution in [0.15, 0.2) is 46.9 Å². The highest BCUT2D eigenvalue weighted by atomic mass is 35.5. The Balaban J connectivity index is 1.71. The summed E-state index contributed by atoms with van der Waals surface area (Å²) in [6.45, 7) is 2.08. The number of rotatable bonds is 8. The van der Waals surface area contributed by atoms with Gasteiger partial charge in [0.2, 0.25) is 5.13 Å². The Morgan fingerprint density at radius 3 is 2.76 bits per heavy atom. The number of nitro benzene ring substituents is 1. The van der Waals surface area contributed by atoms with Crippen LogP contribution in [0.2, 0.25) is 5.02 Å². The number of nitrogens with one attached hydrogen (secondary N) is 1. The van der Waals surface area contributed by atoms with E-state index in [2.05, 4.69) is 15.5 Å². The Morgan fingerprint density at radius 1 is 1.31 bits per heavy atom. The molecule has 0 saturated heterocycles. The van der Waals surface area contributed by atoms with Crippen LogP contribution < -0.4 is 14.9 Å². The molecule has 1 N–H and O–H groups in total. The summed E-state index contributed by atoms with van der Waals surface area (Å²) in [4.78, 5) is 14.6. The van der Waals surface area contributed by atoms with Crippen molar-refractivity contribution in [1.82, 2.24) is 4.98 Å². The average Bonchev–Trinajstić information content (AvgIpc) is 3.12. The molecular formula is C19H17ClN4O4S. The summed E-state index contributed by atoms with van der Waals surface area (Å²) in [5, 5.41) is 17.8. The van der Waals surface area contributed by atoms with Gasteiger partial charge in [0.15, 0.2) is 0 Å². The molecule has 0 aliphatic carbocycles. The number of thiazole rings is 1. The van der Waals surface area contributed by atoms with Crippen LogP contribution in [0, 0.1) is 17.0 Å². The van der Waals surface area contributed by atoms with Crippen LogP contribution >= 0.6 is 22.9 Å². The van der Waals surface area contributed by atoms with Crippen molar-refractivity contribution in [1.29, 1.82) is 0 Å². The normalized spacial score (nSPS) is 10.9. The number of non-ortho nitro benzene ring substituents is 1. The number of hydrogen-bond donors (Lipinski definition) is 1. The lowest BCUT2D eigenvalue weighted by atomic mass is 10.1. The molecule has 0 amide bonds. The van der Waals surface area contributed by atoms with Crippen LogP contribution in [0.3, 0.4) is 0 Å². The number of benzene rings is 2. The van der Waals surface area contributed by atoms with Crippen molar-refractivity contribution in [3.8, 4) is 11.5 Å². The molecule has 0 bridgehead atoms. The molecule has 3 rings (SSSR count). The molecule has 29 heavy (non-hydrogen) atoms. The number of hydrogen-bond acceptors (Lipinski definition) is 8. The number of aromatic nitrogens is 1. The second kappa shape index (κ2) is 9.35. The minimum atomic E-state index is -0.511. The number of aryl methyl sites for hydroxylation is 1. The van der Waals surface area contributed by atoms with E-state index in [0.29, 0.717) is 16.6 Å². The lowest BCUT2D eigenvalue weighted by Gasteiger charge is -2.12. The minimum absolute atomic E-state index is 0.0962. The van der Waals surface area contributed by atoms with Gasteiger partial charge in [-0.15, -0.1) is 11.3 Å². The highest BCUT2D eigenvalue weighted by Gasteiger charge is 2.12. The zero-order valence-corrected chi connectivity index (χ0v) is 17.2. The average molecular weight is 433 g/mol. The van der Waals surface area contributed by atoms with Gasteiger partial charge in [0.05, 0.1) is 29.0 Å². The third kappa shape index (κ3) is 5.43. The predicted molar refractivity (Wildman–Crippen MR) is 114 cm³/mol. The lowest BCUT2D eigenvalue weighted by Crippen LogP contribution is -2.01. The number of ether oxygens (including phenoxy) is 2. The quantitative estimate of drug-likeness (QED) is 0.304. The Labute approximate surface area is 175 Å². The molecule has 0 atom stereocenters. The van der Waals surface area contributed by atoms with Gasteiger partial charge in [0, 0.05) is 23.1 Å². The molecular weight excluding hydrogens is 416 g/mol. The third-order valence-corrected chi connectivity index (χ3v) is 4.97. The van der Waals surface area contributed by atoms with Crippen LogP contribution in [0.25, 0.3) is 0 Å². The van der Waals surface area contributed by atoms with E-state index in [4.69, 9.17) is 21.1 Å². The number of nitrogens with zero attached hydrogens (tertiary/aromatic N) is 3. The third-order valence-electron chi connectivity index (χ3n) is 3.81. The molecule has 3 aromatic rings. The van der Waals surface area contributed by atoms with Crippen molar-refractivity contribution in [2.45, 2.75) is 13.5 Å². The van der Waals surface area contributed by atoms with Crippen molar-refractivity contribution in [3.63, 3.8) is 0 Å². The van der Waals surface area contributed by atoms with Crippen molar-refractivity contribution >= 4 is 40.0 Å². The first-order valence-corrected chi connectivity index (χ1v) is 9.67. The molecule has 0 radical (unpaired) electrons. The van der Waals surface area contributed by atoms with Crippen molar-refractivity contribution < 1.29 is 14.4 Å². The maximum absolute atomic E-state index is 10.8. The second-order valence-corrected chi connectivity index (χ2v) is 7.16. The Kier molecular flexibility index (Phi) is 6.63. The van der Waals surface area contributed by atoms with E-state index in [1.165, 1.54) is 29.5 Å². The van der Waals surface area contributed by atoms with E-state index in [1.807, 2.05) is 30.5 Å². The zero-order valence-electron chi connectivity index (χ0n) is 15.6. The van der Waals surface area contributed by atoms with Gasteiger partial charge >= 0.3 is 0 Å². The molecule has 2 aromatic carbocycles. The van der Waals surface area contributed by atoms with Gasteiger partial charge in [-0.2, -0.15) is 5.10 Å². The SMILES string of the molecule is COc1ccc(C=NNc2nc(C)cs2)cc1COc1ccc([N+](=O)[O-])cc1Cl. The Bertz CT molecular complexity index is 1050. The zero-order chi connectivity index (χ0) is 20.8. The highest BCUT2D eigenvalue weighted by Crippen LogP contribution is 2.30. The number of methoxy groups -OCH3 is 1. The summed E-state index contributed by atoms with van der Waals surface area (Å²) >= 11 is 7.55. The van der Waals surface area contributed by atoms with E-state index >= 15 is 0 Å². The van der Waals surface area contributed by atoms with Gasteiger partial charge in [-0.3, -0.25) is 15.5 Å². The smallest absolute Gasteiger partial charge is 0.271 e. The van der Waals surface area contributed by atoms with E-state index in [0.717, 1.165) is 16.8 Å². The molecule has 10 heteroatoms. The van der Waals surface area contributed by atoms with Gasteiger partial charge < -0.3 is 9.47 Å². The fourth-order valence-corrected chi connectivity index (χ4v) is 3.30. The standard InChI is InChI=1S/C19H17ClN4O4S/c1-12-11-29-19(22-12)23-21-9-13-3-5-17(27-2)14(7-13)10-28-18-6-4-15(24(25)26)8-16(18)20/h3-9,11H,10H2,1-2H3,(H,22,23). The molecule has 0 unspecified atom stereocenters. The molecule has 0 saturated carbocycles. The largest absolute Gasteiger partial charge is 0.496 e. The van der Waals surface area contributed by atoms with E-state index in [-0.39, 0.29) is 17.3 Å². The lowest BCUT2D eigenvalue weighted by molar-refractivity contribution is -0.384. The molecule has 0 aliphatic heterocycles. The molecule has 0 spiro atoms. The van der Waals surface area contributed by atoms with Crippen LogP contribution in [-0.2, 0) is 6.61 Å². The van der Waals surface area contributed by atoms with Crippen LogP contribution in [0.5, 0.6) is 11.5 Å². The van der Waals surface area contributed by atoms with Gasteiger partial charge in [-0.25, -0.2) is 4.98 Å². The summed E-state index contributed by atoms with van der Waals surface area (Å²) in [5.74, 6) is 0.989. The van der Waals surface area contributed by atoms with Crippen LogP contribution in [-0.4, -0.2) is 23.2 Å². The molecule has 1 heterocycles. The maximum Gasteiger partial charge on any atom is 0.271 e. The van der Waals surface area contributed by atoms with Crippen molar-refractivity contribution in [3.05, 3.63) is 73.7 Å². The van der Waals surface area contributed by atoms with Crippen LogP contribution in [0.1, 0.15) is 16.8 Å². The first kappa shape index (κ1) is 20.6. The van der Waals surface area contributed by atoms with E-state index < -0.39 is 4.92 Å². The van der Waals surface area contributed by atoms with Crippen molar-refractivity contribution in [2.75, 3.05) is 12.5 Å². The summed E-state index contributed by atoms with van der Waals surface area (Å²) < 4.78 is 11.1. The summed E-state index contributed by atoms with van der Waals surface area (Å²) in [6.07, 6.45) is 1.67. The monoisotopic (exact) mass is 432 g/mol. The first-order valence-electron chi connectivity index (χ1n) is 8.41. The first-order chi connectivity index (χ1) is 14.0. The summed E-state index contributed by atoms with van der Waals surface area (Å²) in [5.41, 5.74) is 5.33. The predicted octanol–water partition coefficient (Wildman–Crippen LogP) is 5.05. The second-order valence-electron chi connectivity index (χ2n) is 5.90. The highest BCUT2D eigenvalue weighted by molar-refractivity contribution is 7.13. The van der Waals surface area contributed by atoms with Gasteiger partial charge in [0.1, 0.15) is 18.1 Å². The van der Waals surface area contributed by atoms with Gasteiger partial charge in [-0.05, 0) is 36.8 Å². The maximum atomic E-state index is 10.8. The van der Waals surface area contributed by atoms with Crippen molar-refractivity contribution in [2.24, 2.45) is 5.10 Å². The minimum Gasteiger partial charge on any atom is -0.496 e. The summed E-state index contributed by atoms with van der Waals surface area (Å²) in [6, 6.07) is 9.61. The number of nitro groups is 1. The van der Waals surface area contributed by atoms with Gasteiger partial charge in [-0.1, -0.05) is 11.6 Å². The van der Waals surface area contributed by atoms with Crippen LogP contribution in [0.4, 0.5) is 10.8 Å². The van der Waals surface area contributed by atoms with E-state index in [1.54, 1.807) is 13.3 Å². The molecule has 0 aliphatic rings.